The molecule has 8 heteroatoms. The number of nitrogens with one attached hydrogen (secondary N) is 1. The Morgan fingerprint density at radius 1 is 1.15 bits per heavy atom. The Hall–Kier alpha value is -2.87. The molecule has 2 aliphatic heterocycles. The fraction of sp³-hybridized carbons (Fsp3) is 0.400. The van der Waals surface area contributed by atoms with Crippen LogP contribution in [0.4, 0.5) is 4.39 Å². The van der Waals surface area contributed by atoms with Crippen molar-refractivity contribution in [2.45, 2.75) is 49.1 Å². The molecule has 0 spiro atoms. The van der Waals surface area contributed by atoms with Crippen molar-refractivity contribution in [1.82, 2.24) is 10.2 Å². The standard InChI is InChI=1S/C25H25FN2O4S/c26-18-10-8-17(9-11-18)25-13-12-23(30)28(25)21(15-33-25)24(31)32-14-22(29)27-20-7-3-5-16-4-1-2-6-19(16)20/h1-2,4,6,8-11,20-21H,3,5,7,12-15H2,(H,27,29). The molecule has 3 atom stereocenters. The van der Waals surface area contributed by atoms with Crippen LogP contribution < -0.4 is 5.32 Å². The topological polar surface area (TPSA) is 75.7 Å². The molecule has 3 aliphatic rings. The molecule has 0 radical (unpaired) electrons. The molecule has 1 aliphatic carbocycles. The van der Waals surface area contributed by atoms with Crippen molar-refractivity contribution < 1.29 is 23.5 Å². The number of thioether (sulfide) groups is 1. The van der Waals surface area contributed by atoms with E-state index in [1.54, 1.807) is 17.0 Å². The van der Waals surface area contributed by atoms with Crippen LogP contribution in [0.2, 0.25) is 0 Å². The zero-order chi connectivity index (χ0) is 23.0. The first-order valence-electron chi connectivity index (χ1n) is 11.2. The summed E-state index contributed by atoms with van der Waals surface area (Å²) < 4.78 is 18.8. The predicted octanol–water partition coefficient (Wildman–Crippen LogP) is 3.45. The van der Waals surface area contributed by atoms with Gasteiger partial charge in [0, 0.05) is 12.2 Å². The van der Waals surface area contributed by atoms with Crippen molar-refractivity contribution in [3.05, 3.63) is 71.0 Å². The molecule has 2 aromatic rings. The van der Waals surface area contributed by atoms with Crippen molar-refractivity contribution in [2.75, 3.05) is 12.4 Å². The zero-order valence-electron chi connectivity index (χ0n) is 18.1. The summed E-state index contributed by atoms with van der Waals surface area (Å²) >= 11 is 1.50. The molecule has 2 fully saturated rings. The van der Waals surface area contributed by atoms with Crippen LogP contribution in [0, 0.1) is 5.82 Å². The van der Waals surface area contributed by atoms with Crippen LogP contribution in [-0.4, -0.2) is 41.1 Å². The highest BCUT2D eigenvalue weighted by Gasteiger charge is 2.57. The first-order chi connectivity index (χ1) is 16.0. The van der Waals surface area contributed by atoms with E-state index in [9.17, 15) is 18.8 Å². The Labute approximate surface area is 195 Å². The van der Waals surface area contributed by atoms with E-state index in [1.807, 2.05) is 18.2 Å². The second kappa shape index (κ2) is 8.82. The summed E-state index contributed by atoms with van der Waals surface area (Å²) in [4.78, 5) is 39.0. The number of hydrogen-bond acceptors (Lipinski definition) is 5. The van der Waals surface area contributed by atoms with Crippen LogP contribution >= 0.6 is 11.8 Å². The minimum absolute atomic E-state index is 0.0885. The summed E-state index contributed by atoms with van der Waals surface area (Å²) in [5.74, 6) is -1.04. The summed E-state index contributed by atoms with van der Waals surface area (Å²) in [6.07, 6.45) is 3.70. The third-order valence-corrected chi connectivity index (χ3v) is 8.34. The number of carbonyl (C=O) groups excluding carboxylic acids is 3. The molecule has 1 N–H and O–H groups in total. The van der Waals surface area contributed by atoms with Crippen molar-refractivity contribution in [1.29, 1.82) is 0 Å². The highest BCUT2D eigenvalue weighted by molar-refractivity contribution is 8.00. The van der Waals surface area contributed by atoms with Gasteiger partial charge in [-0.3, -0.25) is 9.59 Å². The summed E-state index contributed by atoms with van der Waals surface area (Å²) in [6, 6.07) is 13.3. The van der Waals surface area contributed by atoms with Gasteiger partial charge >= 0.3 is 5.97 Å². The second-order valence-corrected chi connectivity index (χ2v) is 10.00. The Morgan fingerprint density at radius 3 is 2.76 bits per heavy atom. The average Bonchev–Trinajstić information content (AvgIpc) is 3.37. The number of amides is 2. The lowest BCUT2D eigenvalue weighted by atomic mass is 9.88. The lowest BCUT2D eigenvalue weighted by Crippen LogP contribution is -2.47. The normalized spacial score (nSPS) is 26.0. The minimum Gasteiger partial charge on any atom is -0.454 e. The van der Waals surface area contributed by atoms with Crippen LogP contribution in [0.5, 0.6) is 0 Å². The van der Waals surface area contributed by atoms with Gasteiger partial charge in [0.2, 0.25) is 5.91 Å². The van der Waals surface area contributed by atoms with Gasteiger partial charge in [-0.2, -0.15) is 0 Å². The van der Waals surface area contributed by atoms with Gasteiger partial charge in [0.25, 0.3) is 5.91 Å². The molecule has 5 rings (SSSR count). The number of carbonyl (C=O) groups is 3. The Bertz CT molecular complexity index is 1090. The molecule has 2 amide bonds. The first-order valence-corrected chi connectivity index (χ1v) is 12.2. The Morgan fingerprint density at radius 2 is 1.94 bits per heavy atom. The number of rotatable bonds is 5. The lowest BCUT2D eigenvalue weighted by Gasteiger charge is -2.33. The zero-order valence-corrected chi connectivity index (χ0v) is 18.9. The molecule has 172 valence electrons. The third-order valence-electron chi connectivity index (χ3n) is 6.74. The van der Waals surface area contributed by atoms with Crippen molar-refractivity contribution in [2.24, 2.45) is 0 Å². The molecule has 33 heavy (non-hydrogen) atoms. The first kappa shape index (κ1) is 21.9. The number of fused-ring (bicyclic) bond motifs is 2. The number of hydrogen-bond donors (Lipinski definition) is 1. The van der Waals surface area contributed by atoms with E-state index in [0.29, 0.717) is 18.6 Å². The van der Waals surface area contributed by atoms with Gasteiger partial charge < -0.3 is 15.0 Å². The van der Waals surface area contributed by atoms with E-state index in [2.05, 4.69) is 11.4 Å². The maximum absolute atomic E-state index is 13.4. The van der Waals surface area contributed by atoms with Gasteiger partial charge in [-0.25, -0.2) is 9.18 Å². The predicted molar refractivity (Wildman–Crippen MR) is 122 cm³/mol. The minimum atomic E-state index is -0.766. The summed E-state index contributed by atoms with van der Waals surface area (Å²) in [6.45, 7) is -0.385. The number of halogens is 1. The molecular weight excluding hydrogens is 443 g/mol. The molecule has 2 saturated heterocycles. The summed E-state index contributed by atoms with van der Waals surface area (Å²) in [5, 5.41) is 2.98. The highest BCUT2D eigenvalue weighted by Crippen LogP contribution is 2.54. The van der Waals surface area contributed by atoms with Crippen molar-refractivity contribution >= 4 is 29.5 Å². The van der Waals surface area contributed by atoms with Gasteiger partial charge in [0.1, 0.15) is 16.7 Å². The highest BCUT2D eigenvalue weighted by atomic mass is 32.2. The van der Waals surface area contributed by atoms with Gasteiger partial charge in [-0.05, 0) is 54.5 Å². The molecule has 2 aromatic carbocycles. The van der Waals surface area contributed by atoms with E-state index in [4.69, 9.17) is 4.74 Å². The third kappa shape index (κ3) is 4.01. The molecular formula is C25H25FN2O4S. The largest absolute Gasteiger partial charge is 0.454 e. The summed E-state index contributed by atoms with van der Waals surface area (Å²) in [5.41, 5.74) is 3.14. The van der Waals surface area contributed by atoms with Crippen LogP contribution in [-0.2, 0) is 30.4 Å². The van der Waals surface area contributed by atoms with Crippen molar-refractivity contribution in [3.63, 3.8) is 0 Å². The average molecular weight is 469 g/mol. The van der Waals surface area contributed by atoms with E-state index >= 15 is 0 Å². The van der Waals surface area contributed by atoms with Gasteiger partial charge in [-0.1, -0.05) is 36.4 Å². The Balaban J connectivity index is 1.23. The van der Waals surface area contributed by atoms with Gasteiger partial charge in [0.05, 0.1) is 6.04 Å². The van der Waals surface area contributed by atoms with Gasteiger partial charge in [0.15, 0.2) is 6.61 Å². The number of benzene rings is 2. The molecule has 2 heterocycles. The monoisotopic (exact) mass is 468 g/mol. The van der Waals surface area contributed by atoms with Crippen LogP contribution in [0.1, 0.15) is 48.4 Å². The van der Waals surface area contributed by atoms with Crippen LogP contribution in [0.15, 0.2) is 48.5 Å². The number of esters is 1. The molecule has 6 nitrogen and oxygen atoms in total. The fourth-order valence-electron chi connectivity index (χ4n) is 5.20. The number of aryl methyl sites for hydroxylation is 1. The molecule has 0 saturated carbocycles. The second-order valence-electron chi connectivity index (χ2n) is 8.70. The van der Waals surface area contributed by atoms with E-state index in [1.165, 1.54) is 29.5 Å². The van der Waals surface area contributed by atoms with E-state index in [-0.39, 0.29) is 30.3 Å². The van der Waals surface area contributed by atoms with E-state index in [0.717, 1.165) is 30.4 Å². The summed E-state index contributed by atoms with van der Waals surface area (Å²) in [7, 11) is 0. The fourth-order valence-corrected chi connectivity index (χ4v) is 6.84. The quantitative estimate of drug-likeness (QED) is 0.681. The SMILES string of the molecule is O=C(COC(=O)C1CSC2(c3ccc(F)cc3)CCC(=O)N12)NC1CCCc2ccccc21. The number of ether oxygens (including phenoxy) is 1. The molecule has 0 bridgehead atoms. The van der Waals surface area contributed by atoms with Gasteiger partial charge in [-0.15, -0.1) is 11.8 Å². The maximum atomic E-state index is 13.4. The molecule has 0 aromatic heterocycles. The maximum Gasteiger partial charge on any atom is 0.330 e. The Kier molecular flexibility index (Phi) is 5.86. The van der Waals surface area contributed by atoms with Crippen LogP contribution in [0.3, 0.4) is 0 Å². The molecule has 3 unspecified atom stereocenters. The van der Waals surface area contributed by atoms with Crippen molar-refractivity contribution in [3.8, 4) is 0 Å². The lowest BCUT2D eigenvalue weighted by molar-refractivity contribution is -0.156. The van der Waals surface area contributed by atoms with E-state index < -0.39 is 16.9 Å². The smallest absolute Gasteiger partial charge is 0.330 e. The van der Waals surface area contributed by atoms with Crippen LogP contribution in [0.25, 0.3) is 0 Å². The number of nitrogens with zero attached hydrogens (tertiary/aromatic N) is 1.